The second-order valence-corrected chi connectivity index (χ2v) is 8.01. The fourth-order valence-corrected chi connectivity index (χ4v) is 4.46. The molecule has 1 N–H and O–H groups in total. The topological polar surface area (TPSA) is 24.9 Å². The van der Waals surface area contributed by atoms with Crippen LogP contribution in [0.4, 0.5) is 0 Å². The molecule has 2 atom stereocenters. The lowest BCUT2D eigenvalue weighted by Crippen LogP contribution is -2.45. The van der Waals surface area contributed by atoms with Crippen molar-refractivity contribution in [2.24, 2.45) is 5.92 Å². The van der Waals surface area contributed by atoms with Crippen molar-refractivity contribution in [2.75, 3.05) is 0 Å². The van der Waals surface area contributed by atoms with Gasteiger partial charge in [0.05, 0.1) is 11.2 Å². The van der Waals surface area contributed by atoms with Crippen molar-refractivity contribution >= 4 is 11.3 Å². The van der Waals surface area contributed by atoms with Gasteiger partial charge in [0.2, 0.25) is 0 Å². The molecule has 1 aliphatic rings. The maximum absolute atomic E-state index is 4.98. The van der Waals surface area contributed by atoms with E-state index in [0.717, 1.165) is 5.92 Å². The lowest BCUT2D eigenvalue weighted by Gasteiger charge is -2.34. The molecular formula is C17H30N2S. The van der Waals surface area contributed by atoms with Gasteiger partial charge in [0.1, 0.15) is 5.01 Å². The lowest BCUT2D eigenvalue weighted by atomic mass is 9.89. The molecule has 3 heteroatoms. The van der Waals surface area contributed by atoms with E-state index < -0.39 is 0 Å². The summed E-state index contributed by atoms with van der Waals surface area (Å²) in [6, 6.07) is 0.509. The highest BCUT2D eigenvalue weighted by Crippen LogP contribution is 2.40. The first-order valence-corrected chi connectivity index (χ1v) is 9.04. The second-order valence-electron chi connectivity index (χ2n) is 7.15. The minimum atomic E-state index is 0.122. The van der Waals surface area contributed by atoms with Gasteiger partial charge in [-0.3, -0.25) is 0 Å². The van der Waals surface area contributed by atoms with Crippen molar-refractivity contribution in [3.8, 4) is 0 Å². The third kappa shape index (κ3) is 3.62. The van der Waals surface area contributed by atoms with E-state index in [9.17, 15) is 0 Å². The highest BCUT2D eigenvalue weighted by Gasteiger charge is 2.37. The molecular weight excluding hydrogens is 264 g/mol. The summed E-state index contributed by atoms with van der Waals surface area (Å²) in [5.41, 5.74) is 1.38. The van der Waals surface area contributed by atoms with Gasteiger partial charge in [-0.25, -0.2) is 4.98 Å². The number of thiazole rings is 1. The zero-order valence-electron chi connectivity index (χ0n) is 13.7. The molecule has 0 saturated heterocycles. The van der Waals surface area contributed by atoms with E-state index >= 15 is 0 Å². The van der Waals surface area contributed by atoms with E-state index in [0.29, 0.717) is 12.0 Å². The summed E-state index contributed by atoms with van der Waals surface area (Å²) in [5.74, 6) is 1.39. The number of hydrogen-bond donors (Lipinski definition) is 1. The molecule has 2 nitrogen and oxygen atoms in total. The molecule has 1 aromatic heterocycles. The van der Waals surface area contributed by atoms with Crippen LogP contribution in [0, 0.1) is 5.92 Å². The summed E-state index contributed by atoms with van der Waals surface area (Å²) >= 11 is 1.86. The number of hydrogen-bond acceptors (Lipinski definition) is 3. The van der Waals surface area contributed by atoms with Crippen LogP contribution in [-0.2, 0) is 5.54 Å². The molecule has 1 aliphatic carbocycles. The molecule has 1 fully saturated rings. The number of nitrogens with one attached hydrogen (secondary N) is 1. The first-order chi connectivity index (χ1) is 9.43. The first-order valence-electron chi connectivity index (χ1n) is 8.16. The normalized spacial score (nSPS) is 28.1. The van der Waals surface area contributed by atoms with Gasteiger partial charge in [-0.1, -0.05) is 33.6 Å². The minimum Gasteiger partial charge on any atom is -0.303 e. The van der Waals surface area contributed by atoms with Crippen LogP contribution >= 0.6 is 11.3 Å². The van der Waals surface area contributed by atoms with Crippen LogP contribution in [0.1, 0.15) is 83.3 Å². The third-order valence-electron chi connectivity index (χ3n) is 4.45. The summed E-state index contributed by atoms with van der Waals surface area (Å²) in [6.07, 6.45) is 6.47. The Balaban J connectivity index is 2.29. The average molecular weight is 295 g/mol. The number of nitrogens with zero attached hydrogens (tertiary/aromatic N) is 1. The van der Waals surface area contributed by atoms with Crippen LogP contribution in [-0.4, -0.2) is 11.0 Å². The average Bonchev–Trinajstić information content (AvgIpc) is 2.78. The Hall–Kier alpha value is -0.410. The molecule has 0 aromatic carbocycles. The van der Waals surface area contributed by atoms with E-state index in [-0.39, 0.29) is 5.54 Å². The molecule has 2 rings (SSSR count). The molecule has 2 unspecified atom stereocenters. The Morgan fingerprint density at radius 3 is 2.60 bits per heavy atom. The predicted molar refractivity (Wildman–Crippen MR) is 88.4 cm³/mol. The third-order valence-corrected chi connectivity index (χ3v) is 5.52. The van der Waals surface area contributed by atoms with Crippen molar-refractivity contribution in [1.82, 2.24) is 10.3 Å². The quantitative estimate of drug-likeness (QED) is 0.785. The molecule has 0 amide bonds. The fourth-order valence-electron chi connectivity index (χ4n) is 3.26. The Labute approximate surface area is 128 Å². The first kappa shape index (κ1) is 16.0. The van der Waals surface area contributed by atoms with Gasteiger partial charge in [0.25, 0.3) is 0 Å². The molecule has 20 heavy (non-hydrogen) atoms. The van der Waals surface area contributed by atoms with Gasteiger partial charge in [-0.15, -0.1) is 11.3 Å². The zero-order chi connectivity index (χ0) is 14.8. The Bertz CT molecular complexity index is 424. The van der Waals surface area contributed by atoms with E-state index in [1.54, 1.807) is 0 Å². The van der Waals surface area contributed by atoms with Gasteiger partial charge in [0.15, 0.2) is 0 Å². The molecule has 0 aliphatic heterocycles. The van der Waals surface area contributed by atoms with Gasteiger partial charge in [-0.05, 0) is 44.9 Å². The Morgan fingerprint density at radius 1 is 1.25 bits per heavy atom. The molecule has 0 spiro atoms. The Kier molecular flexibility index (Phi) is 5.25. The maximum Gasteiger partial charge on any atom is 0.113 e. The summed E-state index contributed by atoms with van der Waals surface area (Å²) in [6.45, 7) is 11.4. The standard InChI is InChI=1S/C17H30N2S/c1-12(2)15-11-20-16(18-15)17(19-13(3)4)9-6-7-14(5)8-10-17/h11-14,19H,6-10H2,1-5H3. The monoisotopic (exact) mass is 294 g/mol. The summed E-state index contributed by atoms with van der Waals surface area (Å²) < 4.78 is 0. The van der Waals surface area contributed by atoms with Gasteiger partial charge in [-0.2, -0.15) is 0 Å². The van der Waals surface area contributed by atoms with Crippen molar-refractivity contribution in [3.05, 3.63) is 16.1 Å². The summed E-state index contributed by atoms with van der Waals surface area (Å²) in [4.78, 5) is 4.98. The van der Waals surface area contributed by atoms with E-state index in [2.05, 4.69) is 45.3 Å². The summed E-state index contributed by atoms with van der Waals surface area (Å²) in [7, 11) is 0. The fraction of sp³-hybridized carbons (Fsp3) is 0.824. The van der Waals surface area contributed by atoms with Gasteiger partial charge in [0, 0.05) is 11.4 Å². The molecule has 114 valence electrons. The van der Waals surface area contributed by atoms with Crippen molar-refractivity contribution < 1.29 is 0 Å². The van der Waals surface area contributed by atoms with Crippen molar-refractivity contribution in [1.29, 1.82) is 0 Å². The van der Waals surface area contributed by atoms with E-state index in [1.165, 1.54) is 42.8 Å². The Morgan fingerprint density at radius 2 is 2.00 bits per heavy atom. The largest absolute Gasteiger partial charge is 0.303 e. The lowest BCUT2D eigenvalue weighted by molar-refractivity contribution is 0.263. The van der Waals surface area contributed by atoms with Crippen LogP contribution in [0.5, 0.6) is 0 Å². The van der Waals surface area contributed by atoms with Crippen LogP contribution in [0.15, 0.2) is 5.38 Å². The number of rotatable bonds is 4. The molecule has 1 aromatic rings. The van der Waals surface area contributed by atoms with Crippen LogP contribution < -0.4 is 5.32 Å². The zero-order valence-corrected chi connectivity index (χ0v) is 14.5. The second kappa shape index (κ2) is 6.57. The van der Waals surface area contributed by atoms with Crippen LogP contribution in [0.2, 0.25) is 0 Å². The van der Waals surface area contributed by atoms with E-state index in [1.807, 2.05) is 11.3 Å². The predicted octanol–water partition coefficient (Wildman–Crippen LogP) is 5.06. The van der Waals surface area contributed by atoms with Crippen molar-refractivity contribution in [3.63, 3.8) is 0 Å². The smallest absolute Gasteiger partial charge is 0.113 e. The molecule has 1 saturated carbocycles. The van der Waals surface area contributed by atoms with Crippen LogP contribution in [0.25, 0.3) is 0 Å². The SMILES string of the molecule is CC1CCCC(NC(C)C)(c2nc(C(C)C)cs2)CC1. The van der Waals surface area contributed by atoms with Gasteiger partial charge < -0.3 is 5.32 Å². The van der Waals surface area contributed by atoms with Crippen LogP contribution in [0.3, 0.4) is 0 Å². The molecule has 1 heterocycles. The maximum atomic E-state index is 4.98. The minimum absolute atomic E-state index is 0.122. The van der Waals surface area contributed by atoms with Gasteiger partial charge >= 0.3 is 0 Å². The molecule has 0 bridgehead atoms. The summed E-state index contributed by atoms with van der Waals surface area (Å²) in [5, 5.41) is 7.46. The highest BCUT2D eigenvalue weighted by atomic mass is 32.1. The number of aromatic nitrogens is 1. The van der Waals surface area contributed by atoms with E-state index in [4.69, 9.17) is 4.98 Å². The molecule has 0 radical (unpaired) electrons. The highest BCUT2D eigenvalue weighted by molar-refractivity contribution is 7.09. The van der Waals surface area contributed by atoms with Crippen molar-refractivity contribution in [2.45, 2.75) is 84.2 Å².